The molecule has 6 nitrogen and oxygen atoms in total. The Bertz CT molecular complexity index is 270. The highest BCUT2D eigenvalue weighted by Gasteiger charge is 2.35. The molecule has 2 unspecified atom stereocenters. The molecular formula is C10H18N2O4. The lowest BCUT2D eigenvalue weighted by Crippen LogP contribution is -2.41. The average molecular weight is 230 g/mol. The molecule has 0 bridgehead atoms. The first-order chi connectivity index (χ1) is 7.56. The number of nitrogens with one attached hydrogen (secondary N) is 1. The fourth-order valence-corrected chi connectivity index (χ4v) is 1.51. The van der Waals surface area contributed by atoms with E-state index >= 15 is 0 Å². The Morgan fingerprint density at radius 2 is 2.31 bits per heavy atom. The highest BCUT2D eigenvalue weighted by Crippen LogP contribution is 2.10. The summed E-state index contributed by atoms with van der Waals surface area (Å²) in [5, 5.41) is 12.3. The maximum Gasteiger partial charge on any atom is 0.246 e. The molecule has 0 aliphatic carbocycles. The lowest BCUT2D eigenvalue weighted by molar-refractivity contribution is -0.137. The average Bonchev–Trinajstić information content (AvgIpc) is 2.51. The molecule has 0 aromatic carbocycles. The van der Waals surface area contributed by atoms with Gasteiger partial charge in [0.2, 0.25) is 11.8 Å². The Labute approximate surface area is 94.6 Å². The third kappa shape index (κ3) is 3.26. The Morgan fingerprint density at radius 3 is 2.81 bits per heavy atom. The van der Waals surface area contributed by atoms with E-state index in [2.05, 4.69) is 5.32 Å². The summed E-state index contributed by atoms with van der Waals surface area (Å²) in [5.41, 5.74) is 0. The number of imide groups is 1. The van der Waals surface area contributed by atoms with Crippen molar-refractivity contribution in [1.29, 1.82) is 0 Å². The smallest absolute Gasteiger partial charge is 0.246 e. The van der Waals surface area contributed by atoms with Gasteiger partial charge in [0.1, 0.15) is 0 Å². The van der Waals surface area contributed by atoms with E-state index in [0.29, 0.717) is 6.61 Å². The van der Waals surface area contributed by atoms with E-state index < -0.39 is 12.1 Å². The number of nitrogens with zero attached hydrogens (tertiary/aromatic N) is 1. The fourth-order valence-electron chi connectivity index (χ4n) is 1.51. The van der Waals surface area contributed by atoms with Gasteiger partial charge in [-0.1, -0.05) is 0 Å². The van der Waals surface area contributed by atoms with Gasteiger partial charge in [-0.25, -0.2) is 0 Å². The predicted octanol–water partition coefficient (Wildman–Crippen LogP) is -1.27. The van der Waals surface area contributed by atoms with E-state index in [4.69, 9.17) is 4.74 Å². The van der Waals surface area contributed by atoms with Crippen LogP contribution in [0.5, 0.6) is 0 Å². The number of hydrogen-bond acceptors (Lipinski definition) is 5. The van der Waals surface area contributed by atoms with Gasteiger partial charge in [0.25, 0.3) is 0 Å². The molecule has 2 atom stereocenters. The zero-order valence-corrected chi connectivity index (χ0v) is 9.60. The fraction of sp³-hybridized carbons (Fsp3) is 0.800. The third-order valence-corrected chi connectivity index (χ3v) is 2.50. The van der Waals surface area contributed by atoms with Crippen LogP contribution < -0.4 is 5.32 Å². The summed E-state index contributed by atoms with van der Waals surface area (Å²) in [6, 6.07) is -0.506. The second-order valence-electron chi connectivity index (χ2n) is 3.77. The highest BCUT2D eigenvalue weighted by atomic mass is 16.5. The van der Waals surface area contributed by atoms with Crippen molar-refractivity contribution in [3.05, 3.63) is 0 Å². The first kappa shape index (κ1) is 13.1. The Hall–Kier alpha value is -0.980. The van der Waals surface area contributed by atoms with Crippen molar-refractivity contribution in [3.63, 3.8) is 0 Å². The van der Waals surface area contributed by atoms with Gasteiger partial charge < -0.3 is 15.2 Å². The third-order valence-electron chi connectivity index (χ3n) is 2.50. The van der Waals surface area contributed by atoms with Gasteiger partial charge in [-0.3, -0.25) is 14.5 Å². The quantitative estimate of drug-likeness (QED) is 0.556. The number of carbonyl (C=O) groups excluding carboxylic acids is 2. The monoisotopic (exact) mass is 230 g/mol. The first-order valence-corrected chi connectivity index (χ1v) is 5.35. The van der Waals surface area contributed by atoms with Crippen LogP contribution in [0, 0.1) is 0 Å². The molecule has 1 saturated heterocycles. The lowest BCUT2D eigenvalue weighted by atomic mass is 10.2. The number of rotatable bonds is 6. The maximum atomic E-state index is 11.5. The number of likely N-dealkylation sites (N-methyl/N-ethyl adjacent to an activating group) is 1. The molecule has 0 aromatic heterocycles. The van der Waals surface area contributed by atoms with E-state index in [9.17, 15) is 14.7 Å². The molecule has 0 saturated carbocycles. The number of aliphatic hydroxyl groups is 1. The molecule has 6 heteroatoms. The minimum Gasteiger partial charge on any atom is -0.389 e. The molecule has 1 aliphatic rings. The minimum absolute atomic E-state index is 0.163. The SMILES string of the molecule is CCOCC(O)CNC1CC(=O)N(C)C1=O. The predicted molar refractivity (Wildman–Crippen MR) is 56.7 cm³/mol. The second-order valence-corrected chi connectivity index (χ2v) is 3.77. The molecule has 1 fully saturated rings. The van der Waals surface area contributed by atoms with Crippen LogP contribution in [0.15, 0.2) is 0 Å². The molecular weight excluding hydrogens is 212 g/mol. The topological polar surface area (TPSA) is 78.9 Å². The zero-order valence-electron chi connectivity index (χ0n) is 9.60. The van der Waals surface area contributed by atoms with Gasteiger partial charge in [-0.15, -0.1) is 0 Å². The van der Waals surface area contributed by atoms with Crippen LogP contribution >= 0.6 is 0 Å². The number of ether oxygens (including phenoxy) is 1. The number of aliphatic hydroxyl groups excluding tert-OH is 1. The van der Waals surface area contributed by atoms with Crippen molar-refractivity contribution in [1.82, 2.24) is 10.2 Å². The van der Waals surface area contributed by atoms with Crippen molar-refractivity contribution >= 4 is 11.8 Å². The molecule has 2 amide bonds. The van der Waals surface area contributed by atoms with Crippen LogP contribution in [0.3, 0.4) is 0 Å². The van der Waals surface area contributed by atoms with E-state index in [1.165, 1.54) is 7.05 Å². The maximum absolute atomic E-state index is 11.5. The largest absolute Gasteiger partial charge is 0.389 e. The van der Waals surface area contributed by atoms with Crippen LogP contribution in [-0.2, 0) is 14.3 Å². The van der Waals surface area contributed by atoms with Crippen LogP contribution in [0.1, 0.15) is 13.3 Å². The Morgan fingerprint density at radius 1 is 1.62 bits per heavy atom. The molecule has 0 spiro atoms. The van der Waals surface area contributed by atoms with Gasteiger partial charge >= 0.3 is 0 Å². The Balaban J connectivity index is 2.28. The summed E-state index contributed by atoms with van der Waals surface area (Å²) >= 11 is 0. The van der Waals surface area contributed by atoms with Gasteiger partial charge in [-0.05, 0) is 6.92 Å². The van der Waals surface area contributed by atoms with Crippen LogP contribution in [0.25, 0.3) is 0 Å². The van der Waals surface area contributed by atoms with Gasteiger partial charge in [0.15, 0.2) is 0 Å². The van der Waals surface area contributed by atoms with Crippen LogP contribution in [0.4, 0.5) is 0 Å². The molecule has 1 aliphatic heterocycles. The standard InChI is InChI=1S/C10H18N2O4/c1-3-16-6-7(13)5-11-8-4-9(14)12(2)10(8)15/h7-8,11,13H,3-6H2,1-2H3. The van der Waals surface area contributed by atoms with Crippen molar-refractivity contribution in [3.8, 4) is 0 Å². The number of hydrogen-bond donors (Lipinski definition) is 2. The summed E-state index contributed by atoms with van der Waals surface area (Å²) in [4.78, 5) is 23.8. The molecule has 92 valence electrons. The van der Waals surface area contributed by atoms with Crippen molar-refractivity contribution in [2.45, 2.75) is 25.5 Å². The molecule has 2 N–H and O–H groups in total. The summed E-state index contributed by atoms with van der Waals surface area (Å²) in [6.07, 6.45) is -0.495. The van der Waals surface area contributed by atoms with Crippen molar-refractivity contribution in [2.75, 3.05) is 26.8 Å². The number of carbonyl (C=O) groups is 2. The summed E-state index contributed by atoms with van der Waals surface area (Å²) in [6.45, 7) is 2.86. The molecule has 1 heterocycles. The second kappa shape index (κ2) is 5.93. The summed E-state index contributed by atoms with van der Waals surface area (Å²) < 4.78 is 5.03. The van der Waals surface area contributed by atoms with E-state index in [0.717, 1.165) is 4.90 Å². The molecule has 0 radical (unpaired) electrons. The summed E-state index contributed by atoms with van der Waals surface area (Å²) in [5.74, 6) is -0.435. The number of likely N-dealkylation sites (tertiary alicyclic amines) is 1. The zero-order chi connectivity index (χ0) is 12.1. The molecule has 0 aromatic rings. The van der Waals surface area contributed by atoms with Crippen molar-refractivity contribution < 1.29 is 19.4 Å². The first-order valence-electron chi connectivity index (χ1n) is 5.35. The van der Waals surface area contributed by atoms with Gasteiger partial charge in [0.05, 0.1) is 25.2 Å². The van der Waals surface area contributed by atoms with E-state index in [1.807, 2.05) is 6.92 Å². The van der Waals surface area contributed by atoms with Gasteiger partial charge in [-0.2, -0.15) is 0 Å². The molecule has 1 rings (SSSR count). The van der Waals surface area contributed by atoms with Crippen LogP contribution in [0.2, 0.25) is 0 Å². The highest BCUT2D eigenvalue weighted by molar-refractivity contribution is 6.05. The van der Waals surface area contributed by atoms with Crippen LogP contribution in [-0.4, -0.2) is 60.8 Å². The van der Waals surface area contributed by atoms with E-state index in [1.54, 1.807) is 0 Å². The normalized spacial score (nSPS) is 22.9. The molecule has 16 heavy (non-hydrogen) atoms. The lowest BCUT2D eigenvalue weighted by Gasteiger charge is -2.14. The minimum atomic E-state index is -0.659. The van der Waals surface area contributed by atoms with E-state index in [-0.39, 0.29) is 31.4 Å². The van der Waals surface area contributed by atoms with Gasteiger partial charge in [0, 0.05) is 20.2 Å². The Kier molecular flexibility index (Phi) is 4.85. The number of amides is 2. The van der Waals surface area contributed by atoms with Crippen molar-refractivity contribution in [2.24, 2.45) is 0 Å². The summed E-state index contributed by atoms with van der Waals surface area (Å²) in [7, 11) is 1.46.